The molecule has 9 nitrogen and oxygen atoms in total. The van der Waals surface area contributed by atoms with E-state index in [9.17, 15) is 19.2 Å². The topological polar surface area (TPSA) is 117 Å². The highest BCUT2D eigenvalue weighted by Crippen LogP contribution is 2.28. The van der Waals surface area contributed by atoms with E-state index in [0.717, 1.165) is 43.1 Å². The molecule has 0 bridgehead atoms. The molecule has 0 saturated carbocycles. The van der Waals surface area contributed by atoms with Crippen molar-refractivity contribution >= 4 is 23.6 Å². The van der Waals surface area contributed by atoms with Crippen LogP contribution >= 0.6 is 0 Å². The van der Waals surface area contributed by atoms with E-state index in [4.69, 9.17) is 4.74 Å². The standard InChI is InChI=1S/C20H24N4O5/c25-17-4-3-16(18(26)23-17)24-19(27)14-2-1-12(9-15(14)20(24)28)10-21-6-5-13-11-22-7-8-29-13/h1-2,9,13,16,21-22H,3-8,10-11H2,(H,23,25,26). The first-order chi connectivity index (χ1) is 14.0. The van der Waals surface area contributed by atoms with Crippen molar-refractivity contribution in [2.24, 2.45) is 0 Å². The monoisotopic (exact) mass is 400 g/mol. The molecule has 2 fully saturated rings. The number of hydrogen-bond donors (Lipinski definition) is 3. The van der Waals surface area contributed by atoms with Gasteiger partial charge in [0.2, 0.25) is 11.8 Å². The van der Waals surface area contributed by atoms with Gasteiger partial charge in [0.15, 0.2) is 0 Å². The van der Waals surface area contributed by atoms with Crippen LogP contribution in [0.5, 0.6) is 0 Å². The molecule has 29 heavy (non-hydrogen) atoms. The maximum Gasteiger partial charge on any atom is 0.262 e. The number of imide groups is 2. The number of nitrogens with one attached hydrogen (secondary N) is 3. The minimum atomic E-state index is -0.939. The Balaban J connectivity index is 1.38. The van der Waals surface area contributed by atoms with E-state index in [0.29, 0.717) is 17.7 Å². The molecule has 0 spiro atoms. The molecule has 2 atom stereocenters. The molecular weight excluding hydrogens is 376 g/mol. The van der Waals surface area contributed by atoms with Crippen LogP contribution in [-0.4, -0.2) is 66.9 Å². The Kier molecular flexibility index (Phi) is 5.70. The third-order valence-electron chi connectivity index (χ3n) is 5.48. The van der Waals surface area contributed by atoms with Gasteiger partial charge in [0, 0.05) is 26.1 Å². The van der Waals surface area contributed by atoms with Gasteiger partial charge >= 0.3 is 0 Å². The van der Waals surface area contributed by atoms with Crippen LogP contribution in [0.2, 0.25) is 0 Å². The first-order valence-electron chi connectivity index (χ1n) is 9.92. The Bertz CT molecular complexity index is 849. The highest BCUT2D eigenvalue weighted by Gasteiger charge is 2.44. The largest absolute Gasteiger partial charge is 0.376 e. The molecule has 0 aliphatic carbocycles. The summed E-state index contributed by atoms with van der Waals surface area (Å²) in [6, 6.07) is 4.20. The summed E-state index contributed by atoms with van der Waals surface area (Å²) >= 11 is 0. The van der Waals surface area contributed by atoms with E-state index in [2.05, 4.69) is 16.0 Å². The summed E-state index contributed by atoms with van der Waals surface area (Å²) in [5, 5.41) is 8.83. The zero-order valence-corrected chi connectivity index (χ0v) is 16.0. The lowest BCUT2D eigenvalue weighted by atomic mass is 10.0. The molecule has 9 heteroatoms. The zero-order chi connectivity index (χ0) is 20.4. The number of amides is 4. The van der Waals surface area contributed by atoms with Gasteiger partial charge in [0.1, 0.15) is 6.04 Å². The summed E-state index contributed by atoms with van der Waals surface area (Å²) in [5.41, 5.74) is 1.49. The van der Waals surface area contributed by atoms with Crippen LogP contribution in [0.15, 0.2) is 18.2 Å². The van der Waals surface area contributed by atoms with E-state index in [1.165, 1.54) is 0 Å². The van der Waals surface area contributed by atoms with Crippen molar-refractivity contribution in [2.45, 2.75) is 38.0 Å². The van der Waals surface area contributed by atoms with Crippen LogP contribution < -0.4 is 16.0 Å². The maximum atomic E-state index is 12.8. The van der Waals surface area contributed by atoms with E-state index in [1.807, 2.05) is 6.07 Å². The molecule has 2 saturated heterocycles. The fourth-order valence-electron chi connectivity index (χ4n) is 3.93. The van der Waals surface area contributed by atoms with Gasteiger partial charge in [-0.15, -0.1) is 0 Å². The van der Waals surface area contributed by atoms with Crippen LogP contribution in [0.3, 0.4) is 0 Å². The van der Waals surface area contributed by atoms with Crippen LogP contribution in [0.25, 0.3) is 0 Å². The first kappa shape index (κ1) is 19.7. The number of rotatable bonds is 6. The minimum absolute atomic E-state index is 0.110. The van der Waals surface area contributed by atoms with Crippen LogP contribution in [0.1, 0.15) is 45.5 Å². The predicted octanol–water partition coefficient (Wildman–Crippen LogP) is -0.444. The molecule has 2 unspecified atom stereocenters. The summed E-state index contributed by atoms with van der Waals surface area (Å²) in [6.07, 6.45) is 1.36. The smallest absolute Gasteiger partial charge is 0.262 e. The summed E-state index contributed by atoms with van der Waals surface area (Å²) in [5.74, 6) is -1.95. The third kappa shape index (κ3) is 4.07. The third-order valence-corrected chi connectivity index (χ3v) is 5.48. The molecule has 3 aliphatic rings. The number of nitrogens with zero attached hydrogens (tertiary/aromatic N) is 1. The fourth-order valence-corrected chi connectivity index (χ4v) is 3.93. The summed E-state index contributed by atoms with van der Waals surface area (Å²) in [6.45, 7) is 3.82. The summed E-state index contributed by atoms with van der Waals surface area (Å²) < 4.78 is 5.66. The van der Waals surface area contributed by atoms with Gasteiger partial charge in [0.25, 0.3) is 11.8 Å². The normalized spacial score (nSPS) is 24.6. The van der Waals surface area contributed by atoms with Crippen LogP contribution in [-0.2, 0) is 20.9 Å². The quantitative estimate of drug-likeness (QED) is 0.438. The van der Waals surface area contributed by atoms with Crippen molar-refractivity contribution in [2.75, 3.05) is 26.2 Å². The van der Waals surface area contributed by atoms with Crippen molar-refractivity contribution < 1.29 is 23.9 Å². The highest BCUT2D eigenvalue weighted by molar-refractivity contribution is 6.23. The lowest BCUT2D eigenvalue weighted by Crippen LogP contribution is -2.54. The second kappa shape index (κ2) is 8.40. The molecule has 0 aromatic heterocycles. The minimum Gasteiger partial charge on any atom is -0.376 e. The molecule has 0 radical (unpaired) electrons. The van der Waals surface area contributed by atoms with Gasteiger partial charge in [-0.2, -0.15) is 0 Å². The lowest BCUT2D eigenvalue weighted by Gasteiger charge is -2.27. The number of fused-ring (bicyclic) bond motifs is 1. The number of piperidine rings is 1. The average Bonchev–Trinajstić information content (AvgIpc) is 2.96. The molecule has 4 amide bonds. The van der Waals surface area contributed by atoms with Gasteiger partial charge in [-0.1, -0.05) is 6.07 Å². The van der Waals surface area contributed by atoms with Crippen molar-refractivity contribution in [3.63, 3.8) is 0 Å². The first-order valence-corrected chi connectivity index (χ1v) is 9.92. The van der Waals surface area contributed by atoms with Crippen LogP contribution in [0.4, 0.5) is 0 Å². The number of hydrogen-bond acceptors (Lipinski definition) is 7. The van der Waals surface area contributed by atoms with Gasteiger partial charge in [-0.25, -0.2) is 0 Å². The second-order valence-corrected chi connectivity index (χ2v) is 7.49. The van der Waals surface area contributed by atoms with Crippen molar-refractivity contribution in [3.05, 3.63) is 34.9 Å². The Labute approximate surface area is 168 Å². The fraction of sp³-hybridized carbons (Fsp3) is 0.500. The summed E-state index contributed by atoms with van der Waals surface area (Å²) in [4.78, 5) is 49.9. The maximum absolute atomic E-state index is 12.8. The Morgan fingerprint density at radius 3 is 2.72 bits per heavy atom. The summed E-state index contributed by atoms with van der Waals surface area (Å²) in [7, 11) is 0. The lowest BCUT2D eigenvalue weighted by molar-refractivity contribution is -0.136. The molecule has 3 N–H and O–H groups in total. The molecule has 3 aliphatic heterocycles. The molecular formula is C20H24N4O5. The van der Waals surface area contributed by atoms with E-state index >= 15 is 0 Å². The van der Waals surface area contributed by atoms with E-state index < -0.39 is 23.8 Å². The van der Waals surface area contributed by atoms with Gasteiger partial charge in [-0.3, -0.25) is 29.4 Å². The van der Waals surface area contributed by atoms with Gasteiger partial charge in [-0.05, 0) is 37.1 Å². The molecule has 3 heterocycles. The number of carbonyl (C=O) groups is 4. The van der Waals surface area contributed by atoms with Crippen LogP contribution in [0, 0.1) is 0 Å². The molecule has 4 rings (SSSR count). The van der Waals surface area contributed by atoms with Gasteiger partial charge < -0.3 is 15.4 Å². The van der Waals surface area contributed by atoms with E-state index in [1.54, 1.807) is 12.1 Å². The molecule has 154 valence electrons. The Hall–Kier alpha value is -2.62. The predicted molar refractivity (Wildman–Crippen MR) is 102 cm³/mol. The van der Waals surface area contributed by atoms with E-state index in [-0.39, 0.29) is 24.9 Å². The van der Waals surface area contributed by atoms with Gasteiger partial charge in [0.05, 0.1) is 23.8 Å². The SMILES string of the molecule is O=C1CCC(N2C(=O)c3ccc(CNCCC4CNCCO4)cc3C2=O)C(=O)N1. The molecule has 1 aromatic rings. The number of carbonyl (C=O) groups excluding carboxylic acids is 4. The second-order valence-electron chi connectivity index (χ2n) is 7.49. The zero-order valence-electron chi connectivity index (χ0n) is 16.0. The number of morpholine rings is 1. The number of benzene rings is 1. The number of ether oxygens (including phenoxy) is 1. The average molecular weight is 400 g/mol. The molecule has 1 aromatic carbocycles. The van der Waals surface area contributed by atoms with Crippen molar-refractivity contribution in [1.29, 1.82) is 0 Å². The highest BCUT2D eigenvalue weighted by atomic mass is 16.5. The van der Waals surface area contributed by atoms with Crippen molar-refractivity contribution in [1.82, 2.24) is 20.9 Å². The Morgan fingerprint density at radius 1 is 1.14 bits per heavy atom. The Morgan fingerprint density at radius 2 is 1.97 bits per heavy atom. The van der Waals surface area contributed by atoms with Crippen molar-refractivity contribution in [3.8, 4) is 0 Å².